The smallest absolute Gasteiger partial charge is 0.219 e. The molecule has 35 heavy (non-hydrogen) atoms. The van der Waals surface area contributed by atoms with E-state index in [0.29, 0.717) is 64.9 Å². The summed E-state index contributed by atoms with van der Waals surface area (Å²) in [6.45, 7) is 4.43. The maximum absolute atomic E-state index is 12.6. The van der Waals surface area contributed by atoms with Gasteiger partial charge in [-0.2, -0.15) is 0 Å². The Balaban J connectivity index is 1.30. The summed E-state index contributed by atoms with van der Waals surface area (Å²) in [7, 11) is 7.94. The lowest BCUT2D eigenvalue weighted by molar-refractivity contribution is -0.122. The summed E-state index contributed by atoms with van der Waals surface area (Å²) >= 11 is 1.61. The van der Waals surface area contributed by atoms with E-state index < -0.39 is 5.94 Å². The van der Waals surface area contributed by atoms with Crippen LogP contribution in [-0.4, -0.2) is 83.5 Å². The van der Waals surface area contributed by atoms with Crippen LogP contribution in [0.2, 0.25) is 0 Å². The molecule has 2 radical (unpaired) electrons. The Labute approximate surface area is 213 Å². The van der Waals surface area contributed by atoms with Crippen molar-refractivity contribution in [2.45, 2.75) is 42.8 Å². The topological polar surface area (TPSA) is 78.5 Å². The van der Waals surface area contributed by atoms with Crippen LogP contribution >= 0.6 is 11.9 Å². The molecule has 190 valence electrons. The van der Waals surface area contributed by atoms with Gasteiger partial charge in [0.05, 0.1) is 52.9 Å². The Morgan fingerprint density at radius 2 is 2.20 bits per heavy atom. The minimum atomic E-state index is -0.430. The van der Waals surface area contributed by atoms with Crippen LogP contribution in [0.5, 0.6) is 11.5 Å². The zero-order valence-electron chi connectivity index (χ0n) is 20.4. The molecule has 4 unspecified atom stereocenters. The summed E-state index contributed by atoms with van der Waals surface area (Å²) in [6.07, 6.45) is 6.75. The summed E-state index contributed by atoms with van der Waals surface area (Å²) in [4.78, 5) is 13.6. The van der Waals surface area contributed by atoms with Crippen molar-refractivity contribution in [2.75, 3.05) is 53.2 Å². The molecule has 0 spiro atoms. The molecule has 4 atom stereocenters. The molecular formula is C25H35BN2O6S. The summed E-state index contributed by atoms with van der Waals surface area (Å²) in [5.41, 5.74) is 0. The number of carbonyl (C=O) groups is 1. The van der Waals surface area contributed by atoms with Gasteiger partial charge >= 0.3 is 0 Å². The van der Waals surface area contributed by atoms with E-state index in [1.54, 1.807) is 19.1 Å². The lowest BCUT2D eigenvalue weighted by Gasteiger charge is -2.25. The number of fused-ring (bicyclic) bond motifs is 2. The van der Waals surface area contributed by atoms with Crippen LogP contribution in [0.1, 0.15) is 25.7 Å². The van der Waals surface area contributed by atoms with Crippen LogP contribution in [0.4, 0.5) is 0 Å². The Bertz CT molecular complexity index is 859. The van der Waals surface area contributed by atoms with E-state index >= 15 is 0 Å². The van der Waals surface area contributed by atoms with E-state index in [-0.39, 0.29) is 18.1 Å². The van der Waals surface area contributed by atoms with Crippen molar-refractivity contribution >= 4 is 25.7 Å². The molecule has 0 aliphatic carbocycles. The molecule has 1 N–H and O–H groups in total. The number of nitrogens with zero attached hydrogens (tertiary/aromatic N) is 1. The number of amides is 1. The SMILES string of the molecule is [B]C(CCN1CCOCC=CCCOc2cc(OC)ccc2S1)NC(=O)CC1COC2OCCC12. The van der Waals surface area contributed by atoms with Gasteiger partial charge in [-0.05, 0) is 55.2 Å². The number of benzene rings is 1. The standard InChI is InChI=1S/C25H35BN2O6S/c1-30-19-5-6-22-21(16-19)32-12-4-2-3-11-31-14-10-28(35-22)9-7-23(26)27-24(29)15-18-17-34-25-20(18)8-13-33-25/h2-3,5-6,16,18,20,23,25H,4,7-15,17H2,1H3,(H,27,29). The lowest BCUT2D eigenvalue weighted by Crippen LogP contribution is -2.39. The Morgan fingerprint density at radius 3 is 3.09 bits per heavy atom. The van der Waals surface area contributed by atoms with Crippen molar-refractivity contribution in [3.8, 4) is 11.5 Å². The second-order valence-electron chi connectivity index (χ2n) is 8.97. The van der Waals surface area contributed by atoms with Crippen molar-refractivity contribution in [1.29, 1.82) is 0 Å². The fourth-order valence-corrected chi connectivity index (χ4v) is 5.48. The molecule has 0 aromatic heterocycles. The first-order valence-electron chi connectivity index (χ1n) is 12.4. The molecule has 3 aliphatic rings. The Hall–Kier alpha value is -1.72. The number of rotatable bonds is 7. The zero-order valence-corrected chi connectivity index (χ0v) is 21.2. The van der Waals surface area contributed by atoms with Crippen LogP contribution in [0.15, 0.2) is 35.2 Å². The third-order valence-electron chi connectivity index (χ3n) is 6.43. The summed E-state index contributed by atoms with van der Waals surface area (Å²) in [6, 6.07) is 5.85. The Morgan fingerprint density at radius 1 is 1.29 bits per heavy atom. The molecule has 3 heterocycles. The predicted octanol–water partition coefficient (Wildman–Crippen LogP) is 2.76. The Kier molecular flexibility index (Phi) is 10.2. The van der Waals surface area contributed by atoms with Gasteiger partial charge in [0.1, 0.15) is 11.5 Å². The summed E-state index contributed by atoms with van der Waals surface area (Å²) < 4.78 is 30.6. The molecule has 8 nitrogen and oxygen atoms in total. The summed E-state index contributed by atoms with van der Waals surface area (Å²) in [5, 5.41) is 2.96. The molecule has 2 fully saturated rings. The molecule has 0 bridgehead atoms. The van der Waals surface area contributed by atoms with Gasteiger partial charge in [0.15, 0.2) is 6.29 Å². The molecule has 0 saturated carbocycles. The van der Waals surface area contributed by atoms with E-state index in [1.807, 2.05) is 24.3 Å². The molecular weight excluding hydrogens is 467 g/mol. The van der Waals surface area contributed by atoms with Crippen LogP contribution < -0.4 is 14.8 Å². The van der Waals surface area contributed by atoms with Crippen LogP contribution in [0, 0.1) is 11.8 Å². The number of hydrogen-bond donors (Lipinski definition) is 1. The van der Waals surface area contributed by atoms with Gasteiger partial charge in [-0.1, -0.05) is 12.2 Å². The van der Waals surface area contributed by atoms with Crippen molar-refractivity contribution < 1.29 is 28.5 Å². The van der Waals surface area contributed by atoms with Gasteiger partial charge in [0.25, 0.3) is 0 Å². The van der Waals surface area contributed by atoms with Gasteiger partial charge in [0.2, 0.25) is 5.91 Å². The van der Waals surface area contributed by atoms with E-state index in [4.69, 9.17) is 31.5 Å². The van der Waals surface area contributed by atoms with Crippen molar-refractivity contribution in [1.82, 2.24) is 9.62 Å². The van der Waals surface area contributed by atoms with E-state index in [2.05, 4.69) is 15.7 Å². The molecule has 1 amide bonds. The van der Waals surface area contributed by atoms with Crippen molar-refractivity contribution in [3.63, 3.8) is 0 Å². The third kappa shape index (κ3) is 7.88. The number of carbonyl (C=O) groups excluding carboxylic acids is 1. The fourth-order valence-electron chi connectivity index (χ4n) is 4.51. The second kappa shape index (κ2) is 13.6. The van der Waals surface area contributed by atoms with Crippen molar-refractivity contribution in [3.05, 3.63) is 30.4 Å². The minimum Gasteiger partial charge on any atom is -0.497 e. The van der Waals surface area contributed by atoms with Gasteiger partial charge in [-0.15, -0.1) is 0 Å². The van der Waals surface area contributed by atoms with Gasteiger partial charge in [-0.25, -0.2) is 4.31 Å². The highest BCUT2D eigenvalue weighted by Crippen LogP contribution is 2.37. The van der Waals surface area contributed by atoms with E-state index in [9.17, 15) is 4.79 Å². The monoisotopic (exact) mass is 502 g/mol. The van der Waals surface area contributed by atoms with E-state index in [1.165, 1.54) is 0 Å². The molecule has 4 rings (SSSR count). The normalized spacial score (nSPS) is 26.4. The van der Waals surface area contributed by atoms with Crippen LogP contribution in [0.3, 0.4) is 0 Å². The van der Waals surface area contributed by atoms with Crippen molar-refractivity contribution in [2.24, 2.45) is 11.8 Å². The second-order valence-corrected chi connectivity index (χ2v) is 10.1. The van der Waals surface area contributed by atoms with Gasteiger partial charge in [0, 0.05) is 31.5 Å². The highest BCUT2D eigenvalue weighted by atomic mass is 32.2. The van der Waals surface area contributed by atoms with E-state index in [0.717, 1.165) is 29.2 Å². The highest BCUT2D eigenvalue weighted by molar-refractivity contribution is 7.97. The maximum Gasteiger partial charge on any atom is 0.219 e. The van der Waals surface area contributed by atoms with Gasteiger partial charge in [-0.3, -0.25) is 4.79 Å². The van der Waals surface area contributed by atoms with Crippen LogP contribution in [-0.2, 0) is 19.0 Å². The first-order chi connectivity index (χ1) is 17.1. The highest BCUT2D eigenvalue weighted by Gasteiger charge is 2.42. The number of hydrogen-bond acceptors (Lipinski definition) is 8. The fraction of sp³-hybridized carbons (Fsp3) is 0.640. The quantitative estimate of drug-likeness (QED) is 0.347. The number of methoxy groups -OCH3 is 1. The molecule has 1 aromatic carbocycles. The average Bonchev–Trinajstić information content (AvgIpc) is 3.47. The molecule has 2 saturated heterocycles. The summed E-state index contributed by atoms with van der Waals surface area (Å²) in [5.74, 6) is 1.60. The average molecular weight is 502 g/mol. The third-order valence-corrected chi connectivity index (χ3v) is 7.59. The predicted molar refractivity (Wildman–Crippen MR) is 135 cm³/mol. The van der Waals surface area contributed by atoms with Gasteiger partial charge < -0.3 is 29.0 Å². The minimum absolute atomic E-state index is 0.0304. The number of ether oxygens (including phenoxy) is 5. The molecule has 1 aromatic rings. The molecule has 3 aliphatic heterocycles. The first-order valence-corrected chi connectivity index (χ1v) is 13.1. The molecule has 10 heteroatoms. The maximum atomic E-state index is 12.6. The van der Waals surface area contributed by atoms with Crippen LogP contribution in [0.25, 0.3) is 0 Å². The zero-order chi connectivity index (χ0) is 24.5. The number of nitrogens with one attached hydrogen (secondary N) is 1. The largest absolute Gasteiger partial charge is 0.497 e. The lowest BCUT2D eigenvalue weighted by atomic mass is 9.89. The first kappa shape index (κ1) is 26.4.